The predicted octanol–water partition coefficient (Wildman–Crippen LogP) is 0.799. The third kappa shape index (κ3) is 2.52. The summed E-state index contributed by atoms with van der Waals surface area (Å²) < 4.78 is 26.1. The molecule has 0 saturated heterocycles. The molecule has 1 aromatic rings. The zero-order chi connectivity index (χ0) is 10.2. The van der Waals surface area contributed by atoms with Crippen molar-refractivity contribution in [2.45, 2.75) is 30.5 Å². The fourth-order valence-electron chi connectivity index (χ4n) is 1.08. The second-order valence-electron chi connectivity index (χ2n) is 3.56. The van der Waals surface area contributed by atoms with E-state index in [0.717, 1.165) is 11.4 Å². The van der Waals surface area contributed by atoms with Gasteiger partial charge in [-0.3, -0.25) is 0 Å². The fraction of sp³-hybridized carbons (Fsp3) is 0.625. The molecule has 1 saturated carbocycles. The lowest BCUT2D eigenvalue weighted by Crippen LogP contribution is -2.14. The zero-order valence-corrected chi connectivity index (χ0v) is 9.49. The molecule has 6 heteroatoms. The topological polar surface area (TPSA) is 59.1 Å². The van der Waals surface area contributed by atoms with Crippen LogP contribution in [0, 0.1) is 0 Å². The lowest BCUT2D eigenvalue weighted by atomic mass is 10.5. The van der Waals surface area contributed by atoms with E-state index in [-0.39, 0.29) is 5.03 Å². The van der Waals surface area contributed by atoms with Gasteiger partial charge in [0.1, 0.15) is 0 Å². The fourth-order valence-corrected chi connectivity index (χ4v) is 2.74. The molecule has 14 heavy (non-hydrogen) atoms. The highest BCUT2D eigenvalue weighted by Gasteiger charge is 2.20. The summed E-state index contributed by atoms with van der Waals surface area (Å²) in [5.41, 5.74) is 0. The van der Waals surface area contributed by atoms with Gasteiger partial charge in [0.25, 0.3) is 0 Å². The van der Waals surface area contributed by atoms with Crippen LogP contribution in [0.3, 0.4) is 0 Å². The van der Waals surface area contributed by atoms with Gasteiger partial charge in [-0.15, -0.1) is 0 Å². The van der Waals surface area contributed by atoms with E-state index in [1.54, 1.807) is 6.07 Å². The van der Waals surface area contributed by atoms with Crippen LogP contribution in [-0.4, -0.2) is 25.1 Å². The van der Waals surface area contributed by atoms with E-state index in [1.807, 2.05) is 0 Å². The molecule has 4 nitrogen and oxygen atoms in total. The van der Waals surface area contributed by atoms with Crippen LogP contribution in [0.1, 0.15) is 17.7 Å². The number of sulfone groups is 1. The Morgan fingerprint density at radius 3 is 2.86 bits per heavy atom. The average molecular weight is 232 g/mol. The van der Waals surface area contributed by atoms with Gasteiger partial charge >= 0.3 is 0 Å². The van der Waals surface area contributed by atoms with Crippen molar-refractivity contribution < 1.29 is 8.42 Å². The molecule has 0 radical (unpaired) electrons. The molecule has 1 heterocycles. The first-order chi connectivity index (χ1) is 6.55. The second kappa shape index (κ2) is 3.60. The van der Waals surface area contributed by atoms with Crippen LogP contribution in [0.15, 0.2) is 11.1 Å². The van der Waals surface area contributed by atoms with Crippen LogP contribution >= 0.6 is 11.5 Å². The number of rotatable bonds is 4. The highest BCUT2D eigenvalue weighted by molar-refractivity contribution is 7.90. The third-order valence-corrected chi connectivity index (χ3v) is 3.93. The van der Waals surface area contributed by atoms with Crippen LogP contribution in [0.5, 0.6) is 0 Å². The molecule has 0 atom stereocenters. The van der Waals surface area contributed by atoms with E-state index in [0.29, 0.717) is 6.04 Å². The van der Waals surface area contributed by atoms with Gasteiger partial charge in [-0.25, -0.2) is 8.42 Å². The maximum atomic E-state index is 11.1. The molecule has 1 aliphatic rings. The molecule has 0 unspecified atom stereocenters. The van der Waals surface area contributed by atoms with Gasteiger partial charge in [0, 0.05) is 23.7 Å². The Hall–Kier alpha value is -0.460. The summed E-state index contributed by atoms with van der Waals surface area (Å²) in [6.07, 6.45) is 3.65. The van der Waals surface area contributed by atoms with Crippen LogP contribution in [0.4, 0.5) is 0 Å². The normalized spacial score (nSPS) is 17.2. The first-order valence-electron chi connectivity index (χ1n) is 4.45. The summed E-state index contributed by atoms with van der Waals surface area (Å²) in [4.78, 5) is 0.984. The van der Waals surface area contributed by atoms with Gasteiger partial charge in [0.15, 0.2) is 14.9 Å². The highest BCUT2D eigenvalue weighted by Crippen LogP contribution is 2.20. The van der Waals surface area contributed by atoms with Crippen molar-refractivity contribution in [3.63, 3.8) is 0 Å². The molecule has 1 aliphatic carbocycles. The third-order valence-electron chi connectivity index (χ3n) is 2.06. The summed E-state index contributed by atoms with van der Waals surface area (Å²) in [5.74, 6) is 0. The van der Waals surface area contributed by atoms with E-state index in [9.17, 15) is 8.42 Å². The quantitative estimate of drug-likeness (QED) is 0.834. The molecular formula is C8H12N2O2S2. The van der Waals surface area contributed by atoms with Crippen molar-refractivity contribution in [1.29, 1.82) is 0 Å². The van der Waals surface area contributed by atoms with E-state index >= 15 is 0 Å². The van der Waals surface area contributed by atoms with Gasteiger partial charge in [0.05, 0.1) is 0 Å². The molecule has 0 aromatic carbocycles. The van der Waals surface area contributed by atoms with E-state index in [1.165, 1.54) is 30.6 Å². The van der Waals surface area contributed by atoms with E-state index in [2.05, 4.69) is 9.69 Å². The number of hydrogen-bond acceptors (Lipinski definition) is 5. The Bertz CT molecular complexity index is 420. The van der Waals surface area contributed by atoms with Crippen molar-refractivity contribution in [2.75, 3.05) is 6.26 Å². The molecular weight excluding hydrogens is 220 g/mol. The Balaban J connectivity index is 2.01. The minimum absolute atomic E-state index is 0.190. The monoisotopic (exact) mass is 232 g/mol. The van der Waals surface area contributed by atoms with Gasteiger partial charge < -0.3 is 5.32 Å². The predicted molar refractivity (Wildman–Crippen MR) is 55.1 cm³/mol. The number of nitrogens with zero attached hydrogens (tertiary/aromatic N) is 1. The Morgan fingerprint density at radius 2 is 2.36 bits per heavy atom. The molecule has 0 aliphatic heterocycles. The first-order valence-corrected chi connectivity index (χ1v) is 7.11. The highest BCUT2D eigenvalue weighted by atomic mass is 32.2. The number of hydrogen-bond donors (Lipinski definition) is 1. The molecule has 0 amide bonds. The summed E-state index contributed by atoms with van der Waals surface area (Å²) in [6.45, 7) is 0.734. The van der Waals surface area contributed by atoms with Crippen LogP contribution < -0.4 is 5.32 Å². The van der Waals surface area contributed by atoms with Gasteiger partial charge in [-0.1, -0.05) is 0 Å². The Kier molecular flexibility index (Phi) is 2.59. The van der Waals surface area contributed by atoms with Crippen LogP contribution in [0.2, 0.25) is 0 Å². The minimum atomic E-state index is -3.13. The van der Waals surface area contributed by atoms with Gasteiger partial charge in [-0.05, 0) is 30.4 Å². The number of aromatic nitrogens is 1. The smallest absolute Gasteiger partial charge is 0.193 e. The molecule has 1 N–H and O–H groups in total. The minimum Gasteiger partial charge on any atom is -0.309 e. The molecule has 1 aromatic heterocycles. The van der Waals surface area contributed by atoms with Gasteiger partial charge in [0.2, 0.25) is 0 Å². The Labute approximate surface area is 87.4 Å². The first kappa shape index (κ1) is 10.1. The zero-order valence-electron chi connectivity index (χ0n) is 7.86. The lowest BCUT2D eigenvalue weighted by molar-refractivity contribution is 0.599. The summed E-state index contributed by atoms with van der Waals surface area (Å²) >= 11 is 1.25. The van der Waals surface area contributed by atoms with Crippen molar-refractivity contribution in [3.8, 4) is 0 Å². The van der Waals surface area contributed by atoms with Gasteiger partial charge in [-0.2, -0.15) is 4.37 Å². The number of nitrogens with one attached hydrogen (secondary N) is 1. The maximum absolute atomic E-state index is 11.1. The van der Waals surface area contributed by atoms with Crippen molar-refractivity contribution in [2.24, 2.45) is 0 Å². The van der Waals surface area contributed by atoms with Crippen molar-refractivity contribution >= 4 is 21.4 Å². The van der Waals surface area contributed by atoms with Crippen LogP contribution in [0.25, 0.3) is 0 Å². The van der Waals surface area contributed by atoms with E-state index in [4.69, 9.17) is 0 Å². The van der Waals surface area contributed by atoms with Crippen molar-refractivity contribution in [3.05, 3.63) is 10.9 Å². The molecule has 78 valence electrons. The molecule has 0 bridgehead atoms. The lowest BCUT2D eigenvalue weighted by Gasteiger charge is -1.96. The maximum Gasteiger partial charge on any atom is 0.193 e. The standard InChI is InChI=1S/C8H12N2O2S2/c1-14(11,12)8-4-7(13-10-8)5-9-6-2-3-6/h4,6,9H,2-3,5H2,1H3. The van der Waals surface area contributed by atoms with Crippen LogP contribution in [-0.2, 0) is 16.4 Å². The van der Waals surface area contributed by atoms with Crippen molar-refractivity contribution in [1.82, 2.24) is 9.69 Å². The summed E-state index contributed by atoms with van der Waals surface area (Å²) in [5, 5.41) is 3.50. The second-order valence-corrected chi connectivity index (χ2v) is 6.41. The molecule has 0 spiro atoms. The Morgan fingerprint density at radius 1 is 1.64 bits per heavy atom. The average Bonchev–Trinajstić information content (AvgIpc) is 2.77. The SMILES string of the molecule is CS(=O)(=O)c1cc(CNC2CC2)sn1. The molecule has 1 fully saturated rings. The van der Waals surface area contributed by atoms with E-state index < -0.39 is 9.84 Å². The summed E-state index contributed by atoms with van der Waals surface area (Å²) in [7, 11) is -3.13. The molecule has 2 rings (SSSR count). The largest absolute Gasteiger partial charge is 0.309 e. The summed E-state index contributed by atoms with van der Waals surface area (Å²) in [6, 6.07) is 2.29.